The summed E-state index contributed by atoms with van der Waals surface area (Å²) in [6, 6.07) is 0. The number of nitrogens with two attached hydrogens (primary N) is 1. The lowest BCUT2D eigenvalue weighted by molar-refractivity contribution is 0.305. The van der Waals surface area contributed by atoms with Crippen LogP contribution < -0.4 is 16.0 Å². The van der Waals surface area contributed by atoms with Crippen LogP contribution in [-0.4, -0.2) is 21.6 Å². The van der Waals surface area contributed by atoms with Crippen molar-refractivity contribution in [1.29, 1.82) is 0 Å². The van der Waals surface area contributed by atoms with Gasteiger partial charge in [0.15, 0.2) is 5.82 Å². The molecule has 0 amide bonds. The standard InChI is InChI=1S/C13H19N5OS/c1-8(2)11-12(18-14)15-6-16-13(11)19-5-4-10-9(3)17-7-20-10/h6-8H,4-5,14H2,1-3H3,(H,15,16,18). The van der Waals surface area contributed by atoms with Crippen molar-refractivity contribution in [2.45, 2.75) is 33.1 Å². The van der Waals surface area contributed by atoms with Crippen molar-refractivity contribution in [1.82, 2.24) is 15.0 Å². The average molecular weight is 293 g/mol. The Morgan fingerprint density at radius 1 is 1.35 bits per heavy atom. The van der Waals surface area contributed by atoms with Crippen LogP contribution in [0.25, 0.3) is 0 Å². The van der Waals surface area contributed by atoms with E-state index in [1.807, 2.05) is 12.4 Å². The minimum Gasteiger partial charge on any atom is -0.477 e. The lowest BCUT2D eigenvalue weighted by atomic mass is 10.1. The first kappa shape index (κ1) is 14.7. The molecule has 0 aromatic carbocycles. The summed E-state index contributed by atoms with van der Waals surface area (Å²) in [5.74, 6) is 6.90. The van der Waals surface area contributed by atoms with Crippen LogP contribution in [0.4, 0.5) is 5.82 Å². The fraction of sp³-hybridized carbons (Fsp3) is 0.462. The molecule has 0 fully saturated rings. The zero-order valence-electron chi connectivity index (χ0n) is 11.9. The van der Waals surface area contributed by atoms with Crippen LogP contribution in [0.3, 0.4) is 0 Å². The summed E-state index contributed by atoms with van der Waals surface area (Å²) >= 11 is 1.65. The zero-order chi connectivity index (χ0) is 14.5. The second-order valence-corrected chi connectivity index (χ2v) is 5.64. The maximum absolute atomic E-state index is 5.80. The molecule has 7 heteroatoms. The quantitative estimate of drug-likeness (QED) is 0.627. The van der Waals surface area contributed by atoms with Gasteiger partial charge in [-0.3, -0.25) is 0 Å². The first-order chi connectivity index (χ1) is 9.63. The van der Waals surface area contributed by atoms with Crippen LogP contribution in [-0.2, 0) is 6.42 Å². The van der Waals surface area contributed by atoms with Gasteiger partial charge in [-0.15, -0.1) is 11.3 Å². The summed E-state index contributed by atoms with van der Waals surface area (Å²) in [5.41, 5.74) is 6.41. The summed E-state index contributed by atoms with van der Waals surface area (Å²) < 4.78 is 5.80. The molecule has 0 bridgehead atoms. The molecule has 2 rings (SSSR count). The van der Waals surface area contributed by atoms with Gasteiger partial charge in [-0.1, -0.05) is 13.8 Å². The van der Waals surface area contributed by atoms with E-state index in [0.29, 0.717) is 18.3 Å². The molecule has 0 saturated carbocycles. The second-order valence-electron chi connectivity index (χ2n) is 4.70. The first-order valence-electron chi connectivity index (χ1n) is 6.46. The summed E-state index contributed by atoms with van der Waals surface area (Å²) in [6.07, 6.45) is 2.28. The topological polar surface area (TPSA) is 86.0 Å². The normalized spacial score (nSPS) is 10.8. The molecule has 0 aliphatic carbocycles. The highest BCUT2D eigenvalue weighted by Gasteiger charge is 2.15. The predicted octanol–water partition coefficient (Wildman–Crippen LogP) is 2.27. The third kappa shape index (κ3) is 3.23. The number of aryl methyl sites for hydroxylation is 1. The fourth-order valence-corrected chi connectivity index (χ4v) is 2.70. The third-order valence-corrected chi connectivity index (χ3v) is 3.97. The number of nitrogens with one attached hydrogen (secondary N) is 1. The number of aromatic nitrogens is 3. The number of anilines is 1. The predicted molar refractivity (Wildman–Crippen MR) is 80.0 cm³/mol. The molecular weight excluding hydrogens is 274 g/mol. The Labute approximate surface area is 122 Å². The van der Waals surface area contributed by atoms with Gasteiger partial charge < -0.3 is 10.2 Å². The Balaban J connectivity index is 2.07. The zero-order valence-corrected chi connectivity index (χ0v) is 12.7. The monoisotopic (exact) mass is 293 g/mol. The molecule has 0 saturated heterocycles. The van der Waals surface area contributed by atoms with E-state index in [1.54, 1.807) is 11.3 Å². The Hall–Kier alpha value is -1.73. The molecule has 0 unspecified atom stereocenters. The molecule has 20 heavy (non-hydrogen) atoms. The van der Waals surface area contributed by atoms with Crippen molar-refractivity contribution in [3.05, 3.63) is 28.0 Å². The van der Waals surface area contributed by atoms with Gasteiger partial charge in [0.2, 0.25) is 5.88 Å². The number of thiazole rings is 1. The number of ether oxygens (including phenoxy) is 1. The Morgan fingerprint density at radius 3 is 2.75 bits per heavy atom. The number of rotatable bonds is 6. The molecule has 0 atom stereocenters. The van der Waals surface area contributed by atoms with Crippen LogP contribution in [0.2, 0.25) is 0 Å². The highest BCUT2D eigenvalue weighted by molar-refractivity contribution is 7.09. The van der Waals surface area contributed by atoms with Crippen LogP contribution in [0, 0.1) is 6.92 Å². The second kappa shape index (κ2) is 6.62. The van der Waals surface area contributed by atoms with Crippen LogP contribution in [0.1, 0.15) is 35.9 Å². The van der Waals surface area contributed by atoms with E-state index in [1.165, 1.54) is 11.2 Å². The molecule has 2 heterocycles. The maximum Gasteiger partial charge on any atom is 0.222 e. The third-order valence-electron chi connectivity index (χ3n) is 2.97. The fourth-order valence-electron chi connectivity index (χ4n) is 1.94. The highest BCUT2D eigenvalue weighted by Crippen LogP contribution is 2.29. The molecule has 2 aromatic heterocycles. The van der Waals surface area contributed by atoms with Crippen molar-refractivity contribution in [3.8, 4) is 5.88 Å². The lowest BCUT2D eigenvalue weighted by Crippen LogP contribution is -2.14. The first-order valence-corrected chi connectivity index (χ1v) is 7.34. The van der Waals surface area contributed by atoms with E-state index in [2.05, 4.69) is 34.2 Å². The molecule has 6 nitrogen and oxygen atoms in total. The van der Waals surface area contributed by atoms with Gasteiger partial charge >= 0.3 is 0 Å². The van der Waals surface area contributed by atoms with Crippen molar-refractivity contribution < 1.29 is 4.74 Å². The summed E-state index contributed by atoms with van der Waals surface area (Å²) in [5, 5.41) is 0. The van der Waals surface area contributed by atoms with E-state index in [9.17, 15) is 0 Å². The number of hydrogen-bond donors (Lipinski definition) is 2. The van der Waals surface area contributed by atoms with E-state index in [-0.39, 0.29) is 5.92 Å². The molecule has 2 aromatic rings. The molecular formula is C13H19N5OS. The van der Waals surface area contributed by atoms with Gasteiger partial charge in [-0.25, -0.2) is 20.8 Å². The SMILES string of the molecule is Cc1ncsc1CCOc1ncnc(NN)c1C(C)C. The number of hydrazine groups is 1. The van der Waals surface area contributed by atoms with Crippen molar-refractivity contribution in [2.75, 3.05) is 12.0 Å². The molecule has 108 valence electrons. The van der Waals surface area contributed by atoms with Crippen molar-refractivity contribution in [3.63, 3.8) is 0 Å². The number of nitrogens with zero attached hydrogens (tertiary/aromatic N) is 3. The van der Waals surface area contributed by atoms with E-state index in [4.69, 9.17) is 10.6 Å². The minimum atomic E-state index is 0.224. The van der Waals surface area contributed by atoms with Crippen LogP contribution >= 0.6 is 11.3 Å². The smallest absolute Gasteiger partial charge is 0.222 e. The van der Waals surface area contributed by atoms with Crippen LogP contribution in [0.15, 0.2) is 11.8 Å². The molecule has 3 N–H and O–H groups in total. The Kier molecular flexibility index (Phi) is 4.86. The van der Waals surface area contributed by atoms with Gasteiger partial charge in [0.1, 0.15) is 6.33 Å². The highest BCUT2D eigenvalue weighted by atomic mass is 32.1. The largest absolute Gasteiger partial charge is 0.477 e. The molecule has 0 spiro atoms. The molecule has 0 radical (unpaired) electrons. The molecule has 0 aliphatic heterocycles. The van der Waals surface area contributed by atoms with Gasteiger partial charge in [-0.05, 0) is 12.8 Å². The molecule has 0 aliphatic rings. The number of hydrogen-bond acceptors (Lipinski definition) is 7. The van der Waals surface area contributed by atoms with Crippen LogP contribution in [0.5, 0.6) is 5.88 Å². The average Bonchev–Trinajstić information content (AvgIpc) is 2.84. The van der Waals surface area contributed by atoms with Gasteiger partial charge in [0.25, 0.3) is 0 Å². The van der Waals surface area contributed by atoms with Gasteiger partial charge in [0.05, 0.1) is 23.4 Å². The van der Waals surface area contributed by atoms with E-state index in [0.717, 1.165) is 17.7 Å². The van der Waals surface area contributed by atoms with E-state index >= 15 is 0 Å². The Morgan fingerprint density at radius 2 is 2.15 bits per heavy atom. The maximum atomic E-state index is 5.80. The van der Waals surface area contributed by atoms with Gasteiger partial charge in [0, 0.05) is 11.3 Å². The summed E-state index contributed by atoms with van der Waals surface area (Å²) in [4.78, 5) is 13.8. The minimum absolute atomic E-state index is 0.224. The lowest BCUT2D eigenvalue weighted by Gasteiger charge is -2.15. The van der Waals surface area contributed by atoms with Crippen molar-refractivity contribution in [2.24, 2.45) is 5.84 Å². The van der Waals surface area contributed by atoms with E-state index < -0.39 is 0 Å². The summed E-state index contributed by atoms with van der Waals surface area (Å²) in [7, 11) is 0. The summed E-state index contributed by atoms with van der Waals surface area (Å²) in [6.45, 7) is 6.68. The van der Waals surface area contributed by atoms with Crippen molar-refractivity contribution >= 4 is 17.2 Å². The Bertz CT molecular complexity index is 570. The van der Waals surface area contributed by atoms with Gasteiger partial charge in [-0.2, -0.15) is 0 Å². The number of nitrogen functional groups attached to an aromatic ring is 1.